The molecule has 0 saturated heterocycles. The number of hydrogen-bond acceptors (Lipinski definition) is 4. The van der Waals surface area contributed by atoms with Crippen LogP contribution in [0.2, 0.25) is 0 Å². The molecule has 0 bridgehead atoms. The third-order valence-corrected chi connectivity index (χ3v) is 2.27. The van der Waals surface area contributed by atoms with E-state index in [4.69, 9.17) is 0 Å². The summed E-state index contributed by atoms with van der Waals surface area (Å²) in [5.41, 5.74) is 0.791. The summed E-state index contributed by atoms with van der Waals surface area (Å²) in [5.74, 6) is -0.509. The molecule has 0 fully saturated rings. The van der Waals surface area contributed by atoms with Gasteiger partial charge in [-0.1, -0.05) is 12.1 Å². The second kappa shape index (κ2) is 3.69. The second-order valence-electron chi connectivity index (χ2n) is 3.36. The summed E-state index contributed by atoms with van der Waals surface area (Å²) in [6.07, 6.45) is 0. The predicted octanol–water partition coefficient (Wildman–Crippen LogP) is 2.35. The van der Waals surface area contributed by atoms with Gasteiger partial charge in [0.25, 0.3) is 0 Å². The number of benzene rings is 1. The van der Waals surface area contributed by atoms with Gasteiger partial charge in [0, 0.05) is 17.0 Å². The highest BCUT2D eigenvalue weighted by Crippen LogP contribution is 2.22. The highest BCUT2D eigenvalue weighted by Gasteiger charge is 2.16. The Kier molecular flexibility index (Phi) is 2.36. The van der Waals surface area contributed by atoms with E-state index in [9.17, 15) is 14.9 Å². The first kappa shape index (κ1) is 10.2. The van der Waals surface area contributed by atoms with E-state index in [0.29, 0.717) is 16.5 Å². The van der Waals surface area contributed by atoms with Crippen LogP contribution in [0.1, 0.15) is 17.3 Å². The topological polar surface area (TPSA) is 73.1 Å². The normalized spacial score (nSPS) is 10.3. The number of hydrogen-bond donors (Lipinski definition) is 0. The molecule has 1 aromatic carbocycles. The zero-order valence-electron chi connectivity index (χ0n) is 8.51. The van der Waals surface area contributed by atoms with Crippen LogP contribution in [0.25, 0.3) is 10.9 Å². The lowest BCUT2D eigenvalue weighted by Crippen LogP contribution is -1.99. The summed E-state index contributed by atoms with van der Waals surface area (Å²) in [6, 6.07) is 8.08. The monoisotopic (exact) mass is 216 g/mol. The highest BCUT2D eigenvalue weighted by molar-refractivity contribution is 6.06. The van der Waals surface area contributed by atoms with Crippen LogP contribution in [-0.4, -0.2) is 15.7 Å². The van der Waals surface area contributed by atoms with Gasteiger partial charge in [-0.3, -0.25) is 4.79 Å². The molecule has 0 amide bonds. The molecule has 0 saturated carbocycles. The number of pyridine rings is 1. The zero-order chi connectivity index (χ0) is 11.7. The number of Topliss-reactive ketones (excluding diaryl/α,β-unsaturated/α-hetero) is 1. The highest BCUT2D eigenvalue weighted by atomic mass is 16.6. The summed E-state index contributed by atoms with van der Waals surface area (Å²) < 4.78 is 0. The fourth-order valence-electron chi connectivity index (χ4n) is 1.55. The molecule has 0 N–H and O–H groups in total. The first-order chi connectivity index (χ1) is 7.59. The van der Waals surface area contributed by atoms with Crippen molar-refractivity contribution in [1.82, 2.24) is 4.98 Å². The molecule has 0 aliphatic rings. The van der Waals surface area contributed by atoms with Crippen molar-refractivity contribution in [2.24, 2.45) is 0 Å². The quantitative estimate of drug-likeness (QED) is 0.438. The summed E-state index contributed by atoms with van der Waals surface area (Å²) >= 11 is 0. The van der Waals surface area contributed by atoms with Crippen molar-refractivity contribution in [3.63, 3.8) is 0 Å². The van der Waals surface area contributed by atoms with E-state index in [1.54, 1.807) is 24.3 Å². The number of fused-ring (bicyclic) bond motifs is 1. The minimum atomic E-state index is -0.598. The van der Waals surface area contributed by atoms with Gasteiger partial charge < -0.3 is 10.1 Å². The molecule has 0 unspecified atom stereocenters. The molecule has 80 valence electrons. The van der Waals surface area contributed by atoms with Crippen LogP contribution in [0.4, 0.5) is 5.82 Å². The van der Waals surface area contributed by atoms with Crippen molar-refractivity contribution < 1.29 is 9.72 Å². The van der Waals surface area contributed by atoms with Crippen LogP contribution in [0.5, 0.6) is 0 Å². The minimum absolute atomic E-state index is 0.207. The number of para-hydroxylation sites is 1. The van der Waals surface area contributed by atoms with Gasteiger partial charge in [-0.05, 0) is 29.0 Å². The molecular weight excluding hydrogens is 208 g/mol. The van der Waals surface area contributed by atoms with E-state index < -0.39 is 4.92 Å². The van der Waals surface area contributed by atoms with Crippen molar-refractivity contribution in [2.75, 3.05) is 0 Å². The number of nitro groups is 1. The van der Waals surface area contributed by atoms with E-state index >= 15 is 0 Å². The molecule has 2 rings (SSSR count). The van der Waals surface area contributed by atoms with Crippen LogP contribution >= 0.6 is 0 Å². The molecular formula is C11H8N2O3. The Balaban J connectivity index is 2.84. The smallest absolute Gasteiger partial charge is 0.358 e. The Morgan fingerprint density at radius 2 is 2.06 bits per heavy atom. The molecule has 2 aromatic rings. The largest absolute Gasteiger partial charge is 0.364 e. The van der Waals surface area contributed by atoms with E-state index in [0.717, 1.165) is 0 Å². The van der Waals surface area contributed by atoms with Crippen molar-refractivity contribution in [3.05, 3.63) is 46.0 Å². The number of carbonyl (C=O) groups is 1. The van der Waals surface area contributed by atoms with E-state index in [1.807, 2.05) is 0 Å². The molecule has 0 radical (unpaired) electrons. The van der Waals surface area contributed by atoms with Crippen molar-refractivity contribution in [1.29, 1.82) is 0 Å². The van der Waals surface area contributed by atoms with Crippen molar-refractivity contribution in [3.8, 4) is 0 Å². The average Bonchev–Trinajstić information content (AvgIpc) is 2.27. The Morgan fingerprint density at radius 1 is 1.38 bits per heavy atom. The van der Waals surface area contributed by atoms with Gasteiger partial charge in [0.2, 0.25) is 0 Å². The number of nitrogens with zero attached hydrogens (tertiary/aromatic N) is 2. The number of aromatic nitrogens is 1. The van der Waals surface area contributed by atoms with E-state index in [1.165, 1.54) is 13.0 Å². The molecule has 0 aliphatic heterocycles. The fraction of sp³-hybridized carbons (Fsp3) is 0.0909. The minimum Gasteiger partial charge on any atom is -0.358 e. The van der Waals surface area contributed by atoms with Crippen molar-refractivity contribution >= 4 is 22.5 Å². The molecule has 1 heterocycles. The molecule has 0 spiro atoms. The average molecular weight is 216 g/mol. The summed E-state index contributed by atoms with van der Waals surface area (Å²) in [5, 5.41) is 11.3. The number of rotatable bonds is 2. The lowest BCUT2D eigenvalue weighted by atomic mass is 10.1. The van der Waals surface area contributed by atoms with Crippen LogP contribution < -0.4 is 0 Å². The second-order valence-corrected chi connectivity index (χ2v) is 3.36. The summed E-state index contributed by atoms with van der Waals surface area (Å²) in [6.45, 7) is 1.38. The van der Waals surface area contributed by atoms with Crippen LogP contribution in [0.3, 0.4) is 0 Å². The standard InChI is InChI=1S/C11H8N2O3/c1-7(14)9-6-11(13(15)16)12-10-5-3-2-4-8(9)10/h2-6H,1H3. The van der Waals surface area contributed by atoms with Gasteiger partial charge in [0.1, 0.15) is 0 Å². The third-order valence-electron chi connectivity index (χ3n) is 2.27. The fourth-order valence-corrected chi connectivity index (χ4v) is 1.55. The van der Waals surface area contributed by atoms with E-state index in [-0.39, 0.29) is 11.6 Å². The molecule has 5 heteroatoms. The Hall–Kier alpha value is -2.30. The third kappa shape index (κ3) is 1.63. The Bertz CT molecular complexity index is 593. The number of ketones is 1. The summed E-state index contributed by atoms with van der Waals surface area (Å²) in [4.78, 5) is 25.3. The first-order valence-electron chi connectivity index (χ1n) is 4.64. The predicted molar refractivity (Wildman–Crippen MR) is 58.4 cm³/mol. The maximum atomic E-state index is 11.4. The first-order valence-corrected chi connectivity index (χ1v) is 4.64. The molecule has 5 nitrogen and oxygen atoms in total. The van der Waals surface area contributed by atoms with Crippen LogP contribution in [0.15, 0.2) is 30.3 Å². The lowest BCUT2D eigenvalue weighted by Gasteiger charge is -2.00. The molecule has 0 atom stereocenters. The molecule has 1 aromatic heterocycles. The van der Waals surface area contributed by atoms with Gasteiger partial charge in [0.15, 0.2) is 11.3 Å². The summed E-state index contributed by atoms with van der Waals surface area (Å²) in [7, 11) is 0. The van der Waals surface area contributed by atoms with Crippen LogP contribution in [0, 0.1) is 10.1 Å². The van der Waals surface area contributed by atoms with Gasteiger partial charge in [-0.15, -0.1) is 0 Å². The van der Waals surface area contributed by atoms with Gasteiger partial charge in [-0.2, -0.15) is 0 Å². The Morgan fingerprint density at radius 3 is 2.69 bits per heavy atom. The maximum absolute atomic E-state index is 11.4. The Labute approximate surface area is 90.9 Å². The molecule has 0 aliphatic carbocycles. The van der Waals surface area contributed by atoms with Gasteiger partial charge >= 0.3 is 5.82 Å². The van der Waals surface area contributed by atoms with Gasteiger partial charge in [-0.25, -0.2) is 0 Å². The number of carbonyl (C=O) groups excluding carboxylic acids is 1. The lowest BCUT2D eigenvalue weighted by molar-refractivity contribution is -0.389. The zero-order valence-corrected chi connectivity index (χ0v) is 8.51. The maximum Gasteiger partial charge on any atom is 0.364 e. The van der Waals surface area contributed by atoms with Gasteiger partial charge in [0.05, 0.1) is 0 Å². The SMILES string of the molecule is CC(=O)c1cc([N+](=O)[O-])nc2ccccc12. The van der Waals surface area contributed by atoms with E-state index in [2.05, 4.69) is 4.98 Å². The molecule has 16 heavy (non-hydrogen) atoms. The van der Waals surface area contributed by atoms with Crippen LogP contribution in [-0.2, 0) is 0 Å². The van der Waals surface area contributed by atoms with Crippen molar-refractivity contribution in [2.45, 2.75) is 6.92 Å².